The minimum atomic E-state index is -0.0132. The number of benzene rings is 1. The van der Waals surface area contributed by atoms with Crippen LogP contribution < -0.4 is 5.32 Å². The number of aliphatic hydroxyl groups is 1. The molecule has 1 unspecified atom stereocenters. The van der Waals surface area contributed by atoms with Crippen molar-refractivity contribution in [1.82, 2.24) is 5.32 Å². The summed E-state index contributed by atoms with van der Waals surface area (Å²) in [5.74, 6) is 0.338. The number of hydrogen-bond acceptors (Lipinski definition) is 3. The molecule has 0 aromatic heterocycles. The van der Waals surface area contributed by atoms with Gasteiger partial charge in [-0.15, -0.1) is 0 Å². The molecule has 1 rings (SSSR count). The predicted octanol–water partition coefficient (Wildman–Crippen LogP) is 2.25. The number of nitrogens with zero attached hydrogens (tertiary/aromatic N) is 1. The van der Waals surface area contributed by atoms with E-state index in [9.17, 15) is 5.11 Å². The van der Waals surface area contributed by atoms with E-state index in [0.717, 1.165) is 5.56 Å². The van der Waals surface area contributed by atoms with Gasteiger partial charge in [0.05, 0.1) is 19.1 Å². The smallest absolute Gasteiger partial charge is 0.0641 e. The zero-order chi connectivity index (χ0) is 12.7. The number of nitriles is 1. The van der Waals surface area contributed by atoms with Gasteiger partial charge in [-0.05, 0) is 11.5 Å². The Hall–Kier alpha value is -1.37. The van der Waals surface area contributed by atoms with E-state index >= 15 is 0 Å². The maximum atomic E-state index is 9.32. The third-order valence-electron chi connectivity index (χ3n) is 2.91. The van der Waals surface area contributed by atoms with E-state index in [0.29, 0.717) is 12.3 Å². The fourth-order valence-corrected chi connectivity index (χ4v) is 1.76. The van der Waals surface area contributed by atoms with Gasteiger partial charge in [0.25, 0.3) is 0 Å². The van der Waals surface area contributed by atoms with Crippen molar-refractivity contribution < 1.29 is 5.11 Å². The molecule has 0 heterocycles. The van der Waals surface area contributed by atoms with Gasteiger partial charge in [0.1, 0.15) is 0 Å². The van der Waals surface area contributed by atoms with Crippen LogP contribution in [-0.4, -0.2) is 17.8 Å². The van der Waals surface area contributed by atoms with Crippen molar-refractivity contribution in [1.29, 1.82) is 5.26 Å². The quantitative estimate of drug-likeness (QED) is 0.791. The first-order chi connectivity index (χ1) is 8.19. The molecule has 0 aliphatic rings. The average Bonchev–Trinajstić information content (AvgIpc) is 2.35. The molecule has 2 atom stereocenters. The maximum Gasteiger partial charge on any atom is 0.0641 e. The van der Waals surface area contributed by atoms with Crippen LogP contribution in [0.3, 0.4) is 0 Å². The van der Waals surface area contributed by atoms with Crippen molar-refractivity contribution in [2.75, 3.05) is 6.61 Å². The normalized spacial score (nSPS) is 14.3. The Morgan fingerprint density at radius 3 is 2.41 bits per heavy atom. The summed E-state index contributed by atoms with van der Waals surface area (Å²) in [6.07, 6.45) is 0.410. The highest BCUT2D eigenvalue weighted by Gasteiger charge is 2.18. The Morgan fingerprint density at radius 2 is 1.94 bits per heavy atom. The van der Waals surface area contributed by atoms with Crippen LogP contribution in [0.4, 0.5) is 0 Å². The van der Waals surface area contributed by atoms with Crippen LogP contribution in [-0.2, 0) is 0 Å². The Bertz CT molecular complexity index is 356. The summed E-state index contributed by atoms with van der Waals surface area (Å²) in [6, 6.07) is 12.1. The summed E-state index contributed by atoms with van der Waals surface area (Å²) in [5, 5.41) is 21.5. The van der Waals surface area contributed by atoms with Crippen LogP contribution in [0.15, 0.2) is 30.3 Å². The second kappa shape index (κ2) is 7.05. The van der Waals surface area contributed by atoms with Crippen LogP contribution in [0.5, 0.6) is 0 Å². The number of nitrogens with one attached hydrogen (secondary N) is 1. The number of hydrogen-bond donors (Lipinski definition) is 2. The zero-order valence-corrected chi connectivity index (χ0v) is 10.4. The van der Waals surface area contributed by atoms with Gasteiger partial charge in [-0.1, -0.05) is 44.2 Å². The first-order valence-corrected chi connectivity index (χ1v) is 5.97. The van der Waals surface area contributed by atoms with Crippen molar-refractivity contribution in [3.05, 3.63) is 35.9 Å². The van der Waals surface area contributed by atoms with Crippen molar-refractivity contribution in [3.8, 4) is 6.07 Å². The first kappa shape index (κ1) is 13.7. The topological polar surface area (TPSA) is 56.0 Å². The summed E-state index contributed by atoms with van der Waals surface area (Å²) >= 11 is 0. The van der Waals surface area contributed by atoms with Crippen molar-refractivity contribution in [2.45, 2.75) is 32.4 Å². The Kier molecular flexibility index (Phi) is 5.68. The molecular formula is C14H20N2O. The molecule has 0 aliphatic heterocycles. The van der Waals surface area contributed by atoms with E-state index in [1.54, 1.807) is 0 Å². The fourth-order valence-electron chi connectivity index (χ4n) is 1.76. The van der Waals surface area contributed by atoms with Crippen molar-refractivity contribution in [2.24, 2.45) is 5.92 Å². The zero-order valence-electron chi connectivity index (χ0n) is 10.4. The SMILES string of the molecule is CC(C)[C@@H](CO)NC(CC#N)c1ccccc1. The van der Waals surface area contributed by atoms with Gasteiger partial charge in [-0.2, -0.15) is 5.26 Å². The van der Waals surface area contributed by atoms with E-state index in [-0.39, 0.29) is 18.7 Å². The predicted molar refractivity (Wildman–Crippen MR) is 68.3 cm³/mol. The van der Waals surface area contributed by atoms with Gasteiger partial charge in [-0.25, -0.2) is 0 Å². The van der Waals surface area contributed by atoms with Crippen LogP contribution >= 0.6 is 0 Å². The Morgan fingerprint density at radius 1 is 1.29 bits per heavy atom. The van der Waals surface area contributed by atoms with E-state index in [4.69, 9.17) is 5.26 Å². The number of rotatable bonds is 6. The molecule has 1 aromatic rings. The molecule has 2 N–H and O–H groups in total. The van der Waals surface area contributed by atoms with Gasteiger partial charge in [0.2, 0.25) is 0 Å². The minimum absolute atomic E-state index is 0.0132. The molecular weight excluding hydrogens is 212 g/mol. The molecule has 0 radical (unpaired) electrons. The van der Waals surface area contributed by atoms with E-state index in [1.165, 1.54) is 0 Å². The van der Waals surface area contributed by atoms with Crippen LogP contribution in [0.1, 0.15) is 31.9 Å². The lowest BCUT2D eigenvalue weighted by molar-refractivity contribution is 0.199. The van der Waals surface area contributed by atoms with Crippen molar-refractivity contribution >= 4 is 0 Å². The van der Waals surface area contributed by atoms with Gasteiger partial charge in [0, 0.05) is 12.1 Å². The first-order valence-electron chi connectivity index (χ1n) is 5.97. The molecule has 0 bridgehead atoms. The van der Waals surface area contributed by atoms with Gasteiger partial charge in [-0.3, -0.25) is 0 Å². The molecule has 17 heavy (non-hydrogen) atoms. The molecule has 0 saturated carbocycles. The summed E-state index contributed by atoms with van der Waals surface area (Å²) < 4.78 is 0. The number of aliphatic hydroxyl groups excluding tert-OH is 1. The third-order valence-corrected chi connectivity index (χ3v) is 2.91. The molecule has 0 saturated heterocycles. The van der Waals surface area contributed by atoms with Crippen LogP contribution in [0.2, 0.25) is 0 Å². The molecule has 1 aromatic carbocycles. The molecule has 0 fully saturated rings. The molecule has 0 amide bonds. The third kappa shape index (κ3) is 4.18. The van der Waals surface area contributed by atoms with Crippen LogP contribution in [0, 0.1) is 17.2 Å². The molecule has 0 aliphatic carbocycles. The van der Waals surface area contributed by atoms with Gasteiger partial charge < -0.3 is 10.4 Å². The van der Waals surface area contributed by atoms with Crippen LogP contribution in [0.25, 0.3) is 0 Å². The van der Waals surface area contributed by atoms with E-state index < -0.39 is 0 Å². The second-order valence-electron chi connectivity index (χ2n) is 4.53. The van der Waals surface area contributed by atoms with E-state index in [2.05, 4.69) is 25.2 Å². The summed E-state index contributed by atoms with van der Waals surface area (Å²) in [4.78, 5) is 0. The lowest BCUT2D eigenvalue weighted by Gasteiger charge is -2.26. The van der Waals surface area contributed by atoms with E-state index in [1.807, 2.05) is 30.3 Å². The molecule has 92 valence electrons. The Labute approximate surface area is 103 Å². The fraction of sp³-hybridized carbons (Fsp3) is 0.500. The highest BCUT2D eigenvalue weighted by atomic mass is 16.3. The summed E-state index contributed by atoms with van der Waals surface area (Å²) in [7, 11) is 0. The highest BCUT2D eigenvalue weighted by Crippen LogP contribution is 2.18. The molecule has 3 heteroatoms. The second-order valence-corrected chi connectivity index (χ2v) is 4.53. The largest absolute Gasteiger partial charge is 0.395 e. The Balaban J connectivity index is 2.77. The summed E-state index contributed by atoms with van der Waals surface area (Å²) in [6.45, 7) is 4.21. The minimum Gasteiger partial charge on any atom is -0.395 e. The van der Waals surface area contributed by atoms with Crippen molar-refractivity contribution in [3.63, 3.8) is 0 Å². The molecule has 3 nitrogen and oxygen atoms in total. The highest BCUT2D eigenvalue weighted by molar-refractivity contribution is 5.20. The summed E-state index contributed by atoms with van der Waals surface area (Å²) in [5.41, 5.74) is 1.09. The lowest BCUT2D eigenvalue weighted by Crippen LogP contribution is -2.39. The standard InChI is InChI=1S/C14H20N2O/c1-11(2)14(10-17)16-13(8-9-15)12-6-4-3-5-7-12/h3-7,11,13-14,16-17H,8,10H2,1-2H3/t13?,14-/m1/s1. The monoisotopic (exact) mass is 232 g/mol. The van der Waals surface area contributed by atoms with Gasteiger partial charge in [0.15, 0.2) is 0 Å². The lowest BCUT2D eigenvalue weighted by atomic mass is 9.99. The van der Waals surface area contributed by atoms with Gasteiger partial charge >= 0.3 is 0 Å². The molecule has 0 spiro atoms. The maximum absolute atomic E-state index is 9.32. The average molecular weight is 232 g/mol.